The summed E-state index contributed by atoms with van der Waals surface area (Å²) in [5.41, 5.74) is 0.927. The molecule has 0 aliphatic rings. The summed E-state index contributed by atoms with van der Waals surface area (Å²) in [5, 5.41) is 8.90. The van der Waals surface area contributed by atoms with E-state index >= 15 is 0 Å². The Morgan fingerprint density at radius 1 is 1.43 bits per heavy atom. The molecule has 0 aliphatic carbocycles. The number of ether oxygens (including phenoxy) is 1. The molecule has 0 bridgehead atoms. The third kappa shape index (κ3) is 3.41. The lowest BCUT2D eigenvalue weighted by molar-refractivity contribution is 0.104. The molecular formula is C11H13NOS. The van der Waals surface area contributed by atoms with Gasteiger partial charge in [-0.3, -0.25) is 0 Å². The van der Waals surface area contributed by atoms with Gasteiger partial charge in [-0.05, 0) is 11.8 Å². The van der Waals surface area contributed by atoms with Crippen LogP contribution in [0.2, 0.25) is 0 Å². The van der Waals surface area contributed by atoms with Gasteiger partial charge in [0.25, 0.3) is 0 Å². The number of nitrogens with zero attached hydrogens (tertiary/aromatic N) is 1. The van der Waals surface area contributed by atoms with E-state index in [2.05, 4.69) is 6.07 Å². The van der Waals surface area contributed by atoms with Crippen LogP contribution >= 0.6 is 11.8 Å². The standard InChI is InChI=1S/C11H13NOS/c1-14-8-7-13-11(9-12)10-5-3-2-4-6-10/h2-6,11H,7-8H2,1H3/t11-/m0/s1. The zero-order valence-corrected chi connectivity index (χ0v) is 8.96. The van der Waals surface area contributed by atoms with Gasteiger partial charge in [0, 0.05) is 5.75 Å². The number of thioether (sulfide) groups is 1. The molecule has 0 unspecified atom stereocenters. The second kappa shape index (κ2) is 6.47. The molecule has 0 aliphatic heterocycles. The fraction of sp³-hybridized carbons (Fsp3) is 0.364. The quantitative estimate of drug-likeness (QED) is 0.696. The van der Waals surface area contributed by atoms with E-state index in [0.29, 0.717) is 6.61 Å². The van der Waals surface area contributed by atoms with Gasteiger partial charge >= 0.3 is 0 Å². The fourth-order valence-electron chi connectivity index (χ4n) is 1.09. The third-order valence-electron chi connectivity index (χ3n) is 1.79. The van der Waals surface area contributed by atoms with Crippen LogP contribution in [0.1, 0.15) is 11.7 Å². The first-order valence-corrected chi connectivity index (χ1v) is 5.83. The minimum Gasteiger partial charge on any atom is -0.358 e. The minimum atomic E-state index is -0.427. The Kier molecular flexibility index (Phi) is 5.13. The van der Waals surface area contributed by atoms with Crippen LogP contribution in [0.25, 0.3) is 0 Å². The van der Waals surface area contributed by atoms with Crippen molar-refractivity contribution in [3.63, 3.8) is 0 Å². The normalized spacial score (nSPS) is 12.0. The smallest absolute Gasteiger partial charge is 0.169 e. The lowest BCUT2D eigenvalue weighted by Gasteiger charge is -2.09. The molecule has 2 nitrogen and oxygen atoms in total. The van der Waals surface area contributed by atoms with E-state index in [1.165, 1.54) is 0 Å². The molecule has 1 aromatic rings. The highest BCUT2D eigenvalue weighted by molar-refractivity contribution is 7.98. The molecule has 14 heavy (non-hydrogen) atoms. The Morgan fingerprint density at radius 3 is 2.71 bits per heavy atom. The zero-order chi connectivity index (χ0) is 10.2. The van der Waals surface area contributed by atoms with Crippen LogP contribution in [0.15, 0.2) is 30.3 Å². The SMILES string of the molecule is CSCCO[C@@H](C#N)c1ccccc1. The lowest BCUT2D eigenvalue weighted by Crippen LogP contribution is -2.04. The average Bonchev–Trinajstić information content (AvgIpc) is 2.26. The van der Waals surface area contributed by atoms with Gasteiger partial charge < -0.3 is 4.74 Å². The second-order valence-electron chi connectivity index (χ2n) is 2.78. The van der Waals surface area contributed by atoms with Gasteiger partial charge in [0.15, 0.2) is 6.10 Å². The molecular weight excluding hydrogens is 194 g/mol. The van der Waals surface area contributed by atoms with Gasteiger partial charge in [-0.1, -0.05) is 30.3 Å². The van der Waals surface area contributed by atoms with Crippen molar-refractivity contribution in [3.05, 3.63) is 35.9 Å². The summed E-state index contributed by atoms with van der Waals surface area (Å²) in [6.45, 7) is 0.619. The van der Waals surface area contributed by atoms with Gasteiger partial charge in [-0.2, -0.15) is 17.0 Å². The van der Waals surface area contributed by atoms with Gasteiger partial charge in [0.05, 0.1) is 12.7 Å². The number of benzene rings is 1. The van der Waals surface area contributed by atoms with Crippen LogP contribution in [0.5, 0.6) is 0 Å². The first kappa shape index (κ1) is 11.1. The van der Waals surface area contributed by atoms with E-state index in [1.54, 1.807) is 11.8 Å². The van der Waals surface area contributed by atoms with Crippen LogP contribution in [-0.2, 0) is 4.74 Å². The predicted molar refractivity (Wildman–Crippen MR) is 59.1 cm³/mol. The highest BCUT2D eigenvalue weighted by atomic mass is 32.2. The minimum absolute atomic E-state index is 0.427. The van der Waals surface area contributed by atoms with E-state index in [4.69, 9.17) is 10.00 Å². The Hall–Kier alpha value is -0.980. The van der Waals surface area contributed by atoms with Crippen molar-refractivity contribution >= 4 is 11.8 Å². The summed E-state index contributed by atoms with van der Waals surface area (Å²) in [6.07, 6.45) is 1.59. The Balaban J connectivity index is 2.52. The second-order valence-corrected chi connectivity index (χ2v) is 3.77. The van der Waals surface area contributed by atoms with Gasteiger partial charge in [-0.25, -0.2) is 0 Å². The lowest BCUT2D eigenvalue weighted by atomic mass is 10.1. The molecule has 1 atom stereocenters. The van der Waals surface area contributed by atoms with Crippen molar-refractivity contribution in [2.45, 2.75) is 6.10 Å². The van der Waals surface area contributed by atoms with Crippen molar-refractivity contribution in [2.75, 3.05) is 18.6 Å². The maximum Gasteiger partial charge on any atom is 0.169 e. The molecule has 0 heterocycles. The van der Waals surface area contributed by atoms with Crippen molar-refractivity contribution in [2.24, 2.45) is 0 Å². The van der Waals surface area contributed by atoms with E-state index in [1.807, 2.05) is 36.6 Å². The van der Waals surface area contributed by atoms with Gasteiger partial charge in [0.1, 0.15) is 0 Å². The summed E-state index contributed by atoms with van der Waals surface area (Å²) in [4.78, 5) is 0. The number of rotatable bonds is 5. The fourth-order valence-corrected chi connectivity index (χ4v) is 1.35. The Bertz CT molecular complexity index is 294. The topological polar surface area (TPSA) is 33.0 Å². The summed E-state index contributed by atoms with van der Waals surface area (Å²) < 4.78 is 5.44. The maximum atomic E-state index is 8.90. The van der Waals surface area contributed by atoms with Crippen molar-refractivity contribution in [1.29, 1.82) is 5.26 Å². The van der Waals surface area contributed by atoms with Crippen molar-refractivity contribution in [1.82, 2.24) is 0 Å². The number of hydrogen-bond donors (Lipinski definition) is 0. The number of nitriles is 1. The summed E-state index contributed by atoms with van der Waals surface area (Å²) in [7, 11) is 0. The summed E-state index contributed by atoms with van der Waals surface area (Å²) in [6, 6.07) is 11.7. The highest BCUT2D eigenvalue weighted by Crippen LogP contribution is 2.15. The molecule has 0 spiro atoms. The third-order valence-corrected chi connectivity index (χ3v) is 2.37. The molecule has 0 fully saturated rings. The molecule has 0 saturated heterocycles. The molecule has 0 saturated carbocycles. The molecule has 74 valence electrons. The van der Waals surface area contributed by atoms with Gasteiger partial charge in [-0.15, -0.1) is 0 Å². The van der Waals surface area contributed by atoms with E-state index in [9.17, 15) is 0 Å². The Morgan fingerprint density at radius 2 is 2.14 bits per heavy atom. The van der Waals surface area contributed by atoms with E-state index in [0.717, 1.165) is 11.3 Å². The molecule has 3 heteroatoms. The molecule has 0 radical (unpaired) electrons. The molecule has 1 aromatic carbocycles. The molecule has 0 amide bonds. The Labute approximate surface area is 88.9 Å². The largest absolute Gasteiger partial charge is 0.358 e. The van der Waals surface area contributed by atoms with Crippen molar-refractivity contribution < 1.29 is 4.74 Å². The van der Waals surface area contributed by atoms with E-state index in [-0.39, 0.29) is 0 Å². The van der Waals surface area contributed by atoms with Crippen LogP contribution in [0.4, 0.5) is 0 Å². The first-order chi connectivity index (χ1) is 6.88. The van der Waals surface area contributed by atoms with Crippen LogP contribution in [0.3, 0.4) is 0 Å². The predicted octanol–water partition coefficient (Wildman–Crippen LogP) is 2.63. The molecule has 0 N–H and O–H groups in total. The zero-order valence-electron chi connectivity index (χ0n) is 8.14. The molecule has 1 rings (SSSR count). The summed E-state index contributed by atoms with van der Waals surface area (Å²) in [5.74, 6) is 0.922. The van der Waals surface area contributed by atoms with Crippen LogP contribution in [0, 0.1) is 11.3 Å². The van der Waals surface area contributed by atoms with Crippen LogP contribution < -0.4 is 0 Å². The van der Waals surface area contributed by atoms with Crippen LogP contribution in [-0.4, -0.2) is 18.6 Å². The first-order valence-electron chi connectivity index (χ1n) is 4.43. The summed E-state index contributed by atoms with van der Waals surface area (Å²) >= 11 is 1.71. The highest BCUT2D eigenvalue weighted by Gasteiger charge is 2.08. The van der Waals surface area contributed by atoms with Gasteiger partial charge in [0.2, 0.25) is 0 Å². The molecule has 0 aromatic heterocycles. The van der Waals surface area contributed by atoms with Crippen molar-refractivity contribution in [3.8, 4) is 6.07 Å². The number of hydrogen-bond acceptors (Lipinski definition) is 3. The monoisotopic (exact) mass is 207 g/mol. The van der Waals surface area contributed by atoms with E-state index < -0.39 is 6.10 Å². The maximum absolute atomic E-state index is 8.90. The average molecular weight is 207 g/mol.